The predicted molar refractivity (Wildman–Crippen MR) is 141 cm³/mol. The van der Waals surface area contributed by atoms with Gasteiger partial charge in [-0.25, -0.2) is 0 Å². The van der Waals surface area contributed by atoms with Gasteiger partial charge in [0.2, 0.25) is 11.8 Å². The SMILES string of the molecule is CC(C)[C@H]1C[C@@H]2C(=O)N(c3cc(C(F)(F)F)cc(C(F)(F)F)c3)C(=O)[C@@H]2[C@@H]2C[C@@H](c3ccc(O)c4ccccc34)O[C@]12O. The molecule has 12 heteroatoms. The van der Waals surface area contributed by atoms with Crippen LogP contribution in [0.15, 0.2) is 54.6 Å². The average Bonchev–Trinajstić information content (AvgIpc) is 3.40. The lowest BCUT2D eigenvalue weighted by molar-refractivity contribution is -0.276. The number of benzene rings is 3. The van der Waals surface area contributed by atoms with Crippen molar-refractivity contribution in [3.63, 3.8) is 0 Å². The van der Waals surface area contributed by atoms with Crippen LogP contribution in [-0.4, -0.2) is 27.8 Å². The van der Waals surface area contributed by atoms with Gasteiger partial charge in [0.25, 0.3) is 0 Å². The second kappa shape index (κ2) is 9.68. The number of imide groups is 1. The molecule has 6 rings (SSSR count). The van der Waals surface area contributed by atoms with Gasteiger partial charge in [0, 0.05) is 17.2 Å². The van der Waals surface area contributed by atoms with Crippen molar-refractivity contribution in [1.29, 1.82) is 0 Å². The first-order valence-electron chi connectivity index (χ1n) is 13.8. The first kappa shape index (κ1) is 29.4. The Hall–Kier alpha value is -3.64. The number of alkyl halides is 6. The van der Waals surface area contributed by atoms with Gasteiger partial charge in [0.1, 0.15) is 5.75 Å². The summed E-state index contributed by atoms with van der Waals surface area (Å²) in [5.74, 6) is -7.98. The number of anilines is 1. The van der Waals surface area contributed by atoms with Gasteiger partial charge in [-0.3, -0.25) is 14.5 Å². The fourth-order valence-corrected chi connectivity index (χ4v) is 7.27. The number of aliphatic hydroxyl groups is 1. The van der Waals surface area contributed by atoms with Crippen LogP contribution >= 0.6 is 0 Å². The third kappa shape index (κ3) is 4.57. The van der Waals surface area contributed by atoms with Crippen LogP contribution in [0.4, 0.5) is 32.0 Å². The Morgan fingerprint density at radius 3 is 2.07 bits per heavy atom. The molecule has 2 saturated heterocycles. The van der Waals surface area contributed by atoms with E-state index < -0.39 is 76.5 Å². The highest BCUT2D eigenvalue weighted by Gasteiger charge is 2.67. The third-order valence-electron chi connectivity index (χ3n) is 9.20. The lowest BCUT2D eigenvalue weighted by atomic mass is 9.62. The van der Waals surface area contributed by atoms with Gasteiger partial charge in [-0.1, -0.05) is 44.2 Å². The van der Waals surface area contributed by atoms with Gasteiger partial charge in [-0.15, -0.1) is 0 Å². The monoisotopic (exact) mass is 607 g/mol. The fraction of sp³-hybridized carbons (Fsp3) is 0.419. The highest BCUT2D eigenvalue weighted by atomic mass is 19.4. The van der Waals surface area contributed by atoms with Crippen molar-refractivity contribution in [2.75, 3.05) is 4.90 Å². The first-order valence-corrected chi connectivity index (χ1v) is 13.8. The van der Waals surface area contributed by atoms with Crippen molar-refractivity contribution in [3.8, 4) is 5.75 Å². The van der Waals surface area contributed by atoms with E-state index in [0.717, 1.165) is 0 Å². The molecule has 0 bridgehead atoms. The van der Waals surface area contributed by atoms with E-state index in [0.29, 0.717) is 33.4 Å². The Labute approximate surface area is 241 Å². The summed E-state index contributed by atoms with van der Waals surface area (Å²) in [7, 11) is 0. The molecule has 3 aliphatic rings. The number of nitrogens with zero attached hydrogens (tertiary/aromatic N) is 1. The Morgan fingerprint density at radius 1 is 0.884 bits per heavy atom. The summed E-state index contributed by atoms with van der Waals surface area (Å²) in [6.45, 7) is 3.60. The molecule has 6 atom stereocenters. The van der Waals surface area contributed by atoms with Crippen LogP contribution in [0.1, 0.15) is 49.5 Å². The van der Waals surface area contributed by atoms with E-state index in [1.165, 1.54) is 6.07 Å². The zero-order valence-electron chi connectivity index (χ0n) is 22.9. The smallest absolute Gasteiger partial charge is 0.416 e. The van der Waals surface area contributed by atoms with E-state index in [-0.39, 0.29) is 30.6 Å². The van der Waals surface area contributed by atoms with Gasteiger partial charge in [-0.05, 0) is 54.0 Å². The second-order valence-corrected chi connectivity index (χ2v) is 11.9. The Bertz CT molecular complexity index is 1600. The van der Waals surface area contributed by atoms with Gasteiger partial charge < -0.3 is 14.9 Å². The lowest BCUT2D eigenvalue weighted by Crippen LogP contribution is -2.55. The van der Waals surface area contributed by atoms with E-state index in [1.54, 1.807) is 44.2 Å². The Kier molecular flexibility index (Phi) is 6.63. The van der Waals surface area contributed by atoms with Crippen molar-refractivity contribution in [2.45, 2.75) is 50.9 Å². The van der Waals surface area contributed by atoms with E-state index in [4.69, 9.17) is 4.74 Å². The van der Waals surface area contributed by atoms with Crippen LogP contribution < -0.4 is 4.90 Å². The summed E-state index contributed by atoms with van der Waals surface area (Å²) in [6, 6.07) is 10.8. The zero-order chi connectivity index (χ0) is 31.2. The summed E-state index contributed by atoms with van der Waals surface area (Å²) in [4.78, 5) is 28.0. The summed E-state index contributed by atoms with van der Waals surface area (Å²) in [5.41, 5.74) is -3.49. The van der Waals surface area contributed by atoms with E-state index >= 15 is 0 Å². The van der Waals surface area contributed by atoms with Crippen LogP contribution in [0.2, 0.25) is 0 Å². The number of phenolic OH excluding ortho intramolecular Hbond substituents is 1. The van der Waals surface area contributed by atoms with Gasteiger partial charge >= 0.3 is 12.4 Å². The molecule has 1 aliphatic carbocycles. The molecule has 228 valence electrons. The van der Waals surface area contributed by atoms with Crippen LogP contribution in [0, 0.1) is 29.6 Å². The standard InChI is InChI=1S/C31H27F6NO5/c1-14(2)22-12-21-26(23-13-25(43-29(22,23)42)20-7-8-24(39)19-6-4-3-5-18(19)20)28(41)38(27(21)40)17-10-15(30(32,33)34)9-16(11-17)31(35,36)37/h3-11,14,21-23,25-26,39,42H,12-13H2,1-2H3/t21-,22+,23-,25-,26-,29+/m0/s1. The highest BCUT2D eigenvalue weighted by molar-refractivity contribution is 6.22. The number of hydrogen-bond acceptors (Lipinski definition) is 5. The number of halogens is 6. The maximum atomic E-state index is 13.9. The van der Waals surface area contributed by atoms with Crippen LogP contribution in [-0.2, 0) is 26.7 Å². The molecule has 3 aromatic rings. The largest absolute Gasteiger partial charge is 0.507 e. The third-order valence-corrected chi connectivity index (χ3v) is 9.20. The van der Waals surface area contributed by atoms with Crippen LogP contribution in [0.25, 0.3) is 10.8 Å². The van der Waals surface area contributed by atoms with Crippen molar-refractivity contribution >= 4 is 28.3 Å². The number of carbonyl (C=O) groups excluding carboxylic acids is 2. The molecule has 3 aromatic carbocycles. The molecule has 1 saturated carbocycles. The molecule has 2 aliphatic heterocycles. The van der Waals surface area contributed by atoms with E-state index in [9.17, 15) is 46.1 Å². The number of hydrogen-bond donors (Lipinski definition) is 2. The molecule has 43 heavy (non-hydrogen) atoms. The number of fused-ring (bicyclic) bond motifs is 4. The van der Waals surface area contributed by atoms with E-state index in [2.05, 4.69) is 0 Å². The molecule has 2 amide bonds. The Balaban J connectivity index is 1.44. The molecular weight excluding hydrogens is 580 g/mol. The molecule has 0 radical (unpaired) electrons. The molecule has 0 unspecified atom stereocenters. The van der Waals surface area contributed by atoms with Crippen molar-refractivity contribution < 1.29 is 50.9 Å². The topological polar surface area (TPSA) is 87.1 Å². The first-order chi connectivity index (χ1) is 20.0. The van der Waals surface area contributed by atoms with Gasteiger partial charge in [0.15, 0.2) is 5.79 Å². The maximum Gasteiger partial charge on any atom is 0.416 e. The minimum absolute atomic E-state index is 0.0279. The molecule has 2 N–H and O–H groups in total. The zero-order valence-corrected chi connectivity index (χ0v) is 22.9. The predicted octanol–water partition coefficient (Wildman–Crippen LogP) is 6.83. The normalized spacial score (nSPS) is 29.4. The van der Waals surface area contributed by atoms with Crippen LogP contribution in [0.3, 0.4) is 0 Å². The summed E-state index contributed by atoms with van der Waals surface area (Å²) in [6.07, 6.45) is -11.1. The number of rotatable bonds is 3. The molecule has 3 fully saturated rings. The average molecular weight is 608 g/mol. The van der Waals surface area contributed by atoms with Crippen molar-refractivity contribution in [1.82, 2.24) is 0 Å². The van der Waals surface area contributed by atoms with Crippen molar-refractivity contribution in [3.05, 3.63) is 71.3 Å². The second-order valence-electron chi connectivity index (χ2n) is 11.9. The molecule has 6 nitrogen and oxygen atoms in total. The van der Waals surface area contributed by atoms with Crippen LogP contribution in [0.5, 0.6) is 5.75 Å². The highest BCUT2D eigenvalue weighted by Crippen LogP contribution is 2.60. The Morgan fingerprint density at radius 2 is 1.49 bits per heavy atom. The summed E-state index contributed by atoms with van der Waals surface area (Å²) in [5, 5.41) is 23.6. The number of phenols is 1. The minimum Gasteiger partial charge on any atom is -0.507 e. The lowest BCUT2D eigenvalue weighted by Gasteiger charge is -2.46. The van der Waals surface area contributed by atoms with Gasteiger partial charge in [-0.2, -0.15) is 26.3 Å². The summed E-state index contributed by atoms with van der Waals surface area (Å²) >= 11 is 0. The molecular formula is C31H27F6NO5. The van der Waals surface area contributed by atoms with Gasteiger partial charge in [0.05, 0.1) is 34.8 Å². The van der Waals surface area contributed by atoms with E-state index in [1.807, 2.05) is 0 Å². The summed E-state index contributed by atoms with van der Waals surface area (Å²) < 4.78 is 87.9. The number of aromatic hydroxyl groups is 1. The fourth-order valence-electron chi connectivity index (χ4n) is 7.27. The van der Waals surface area contributed by atoms with Crippen molar-refractivity contribution in [2.24, 2.45) is 29.6 Å². The number of carbonyl (C=O) groups is 2. The number of ether oxygens (including phenoxy) is 1. The molecule has 0 spiro atoms. The molecule has 2 heterocycles. The minimum atomic E-state index is -5.17. The maximum absolute atomic E-state index is 13.9. The molecule has 0 aromatic heterocycles. The quantitative estimate of drug-likeness (QED) is 0.252. The number of amides is 2.